The molecule has 0 atom stereocenters. The van der Waals surface area contributed by atoms with E-state index in [1.165, 1.54) is 43.4 Å². The number of ether oxygens (including phenoxy) is 1. The first kappa shape index (κ1) is 21.9. The second kappa shape index (κ2) is 11.5. The van der Waals surface area contributed by atoms with Crippen molar-refractivity contribution in [2.24, 2.45) is 0 Å². The molecule has 1 aliphatic rings. The minimum absolute atomic E-state index is 0.717. The predicted molar refractivity (Wildman–Crippen MR) is 92.6 cm³/mol. The fourth-order valence-corrected chi connectivity index (χ4v) is 3.03. The van der Waals surface area contributed by atoms with Crippen LogP contribution in [0.1, 0.15) is 49.3 Å². The normalized spacial score (nSPS) is 16.0. The number of nitrogens with one attached hydrogen (secondary N) is 2. The van der Waals surface area contributed by atoms with Crippen molar-refractivity contribution in [3.8, 4) is 0 Å². The minimum atomic E-state index is -4.17. The van der Waals surface area contributed by atoms with Gasteiger partial charge in [-0.2, -0.15) is 18.3 Å². The van der Waals surface area contributed by atoms with Crippen LogP contribution in [0.5, 0.6) is 0 Å². The molecule has 0 unspecified atom stereocenters. The Labute approximate surface area is 148 Å². The van der Waals surface area contributed by atoms with Crippen LogP contribution in [0.25, 0.3) is 0 Å². The zero-order valence-corrected chi connectivity index (χ0v) is 15.5. The lowest BCUT2D eigenvalue weighted by molar-refractivity contribution is -0.167. The predicted octanol–water partition coefficient (Wildman–Crippen LogP) is 3.30. The Morgan fingerprint density at radius 3 is 2.52 bits per heavy atom. The first-order chi connectivity index (χ1) is 11.9. The number of H-pyrrole nitrogens is 1. The topological polar surface area (TPSA) is 53.2 Å². The van der Waals surface area contributed by atoms with Gasteiger partial charge >= 0.3 is 6.18 Å². The molecule has 0 aromatic carbocycles. The summed E-state index contributed by atoms with van der Waals surface area (Å²) in [5.41, 5.74) is 2.78. The molecule has 1 aliphatic carbocycles. The van der Waals surface area contributed by atoms with Crippen molar-refractivity contribution < 1.29 is 17.9 Å². The van der Waals surface area contributed by atoms with Crippen LogP contribution in [-0.4, -0.2) is 62.2 Å². The molecule has 2 rings (SSSR count). The van der Waals surface area contributed by atoms with Crippen molar-refractivity contribution in [2.75, 3.05) is 40.9 Å². The average Bonchev–Trinajstić information content (AvgIpc) is 3.01. The highest BCUT2D eigenvalue weighted by atomic mass is 19.4. The first-order valence-corrected chi connectivity index (χ1v) is 8.78. The molecule has 2 N–H and O–H groups in total. The molecule has 0 amide bonds. The van der Waals surface area contributed by atoms with E-state index < -0.39 is 12.8 Å². The number of aromatic amines is 1. The van der Waals surface area contributed by atoms with Crippen molar-refractivity contribution >= 4 is 0 Å². The van der Waals surface area contributed by atoms with Crippen molar-refractivity contribution in [2.45, 2.75) is 50.7 Å². The number of aromatic nitrogens is 2. The molecular weight excluding hydrogens is 333 g/mol. The van der Waals surface area contributed by atoms with Gasteiger partial charge in [0, 0.05) is 43.9 Å². The summed E-state index contributed by atoms with van der Waals surface area (Å²) < 4.78 is 36.6. The third kappa shape index (κ3) is 9.23. The Morgan fingerprint density at radius 2 is 2.00 bits per heavy atom. The lowest BCUT2D eigenvalue weighted by Gasteiger charge is -2.23. The third-order valence-corrected chi connectivity index (χ3v) is 4.26. The van der Waals surface area contributed by atoms with E-state index in [0.29, 0.717) is 5.92 Å². The highest BCUT2D eigenvalue weighted by Crippen LogP contribution is 2.33. The van der Waals surface area contributed by atoms with Crippen LogP contribution in [-0.2, 0) is 11.3 Å². The van der Waals surface area contributed by atoms with Crippen LogP contribution in [0.2, 0.25) is 0 Å². The standard InChI is InChI=1S/C14H26N4.C3H5F3O/c1-15-8-9-18(2)11-13-10-16-17-14(13)12-6-4-3-5-7-12;1-7-2-3(4,5)6/h10,12,15H,3-9,11H2,1-2H3,(H,16,17);2H2,1H3. The van der Waals surface area contributed by atoms with Gasteiger partial charge in [0.25, 0.3) is 0 Å². The van der Waals surface area contributed by atoms with Gasteiger partial charge in [-0.05, 0) is 26.9 Å². The molecule has 0 saturated heterocycles. The summed E-state index contributed by atoms with van der Waals surface area (Å²) in [5, 5.41) is 10.7. The van der Waals surface area contributed by atoms with Gasteiger partial charge in [0.1, 0.15) is 6.61 Å². The summed E-state index contributed by atoms with van der Waals surface area (Å²) in [6.07, 6.45) is 4.65. The van der Waals surface area contributed by atoms with Gasteiger partial charge in [0.05, 0.1) is 6.20 Å². The van der Waals surface area contributed by atoms with E-state index in [9.17, 15) is 13.2 Å². The summed E-state index contributed by atoms with van der Waals surface area (Å²) in [4.78, 5) is 2.35. The highest BCUT2D eigenvalue weighted by molar-refractivity contribution is 5.20. The Hall–Kier alpha value is -1.12. The number of nitrogens with zero attached hydrogens (tertiary/aromatic N) is 2. The van der Waals surface area contributed by atoms with Gasteiger partial charge in [-0.25, -0.2) is 0 Å². The Balaban J connectivity index is 0.000000381. The van der Waals surface area contributed by atoms with E-state index >= 15 is 0 Å². The quantitative estimate of drug-likeness (QED) is 0.779. The molecule has 8 heteroatoms. The number of rotatable bonds is 7. The second-order valence-corrected chi connectivity index (χ2v) is 6.53. The number of hydrogen-bond acceptors (Lipinski definition) is 4. The molecule has 1 saturated carbocycles. The number of hydrogen-bond donors (Lipinski definition) is 2. The lowest BCUT2D eigenvalue weighted by Crippen LogP contribution is -2.27. The molecule has 1 aromatic rings. The van der Waals surface area contributed by atoms with Gasteiger partial charge in [-0.1, -0.05) is 19.3 Å². The number of likely N-dealkylation sites (N-methyl/N-ethyl adjacent to an activating group) is 2. The number of methoxy groups -OCH3 is 1. The molecule has 1 aromatic heterocycles. The maximum atomic E-state index is 10.9. The SMILES string of the molecule is CNCCN(C)Cc1cn[nH]c1C1CCCCC1.COCC(F)(F)F. The van der Waals surface area contributed by atoms with Crippen molar-refractivity contribution in [3.63, 3.8) is 0 Å². The largest absolute Gasteiger partial charge is 0.411 e. The first-order valence-electron chi connectivity index (χ1n) is 8.78. The maximum absolute atomic E-state index is 10.9. The van der Waals surface area contributed by atoms with E-state index in [2.05, 4.69) is 32.2 Å². The van der Waals surface area contributed by atoms with E-state index in [1.807, 2.05) is 13.2 Å². The summed E-state index contributed by atoms with van der Waals surface area (Å²) in [7, 11) is 5.18. The molecule has 1 fully saturated rings. The summed E-state index contributed by atoms with van der Waals surface area (Å²) >= 11 is 0. The van der Waals surface area contributed by atoms with Crippen LogP contribution < -0.4 is 5.32 Å². The number of halogens is 3. The van der Waals surface area contributed by atoms with Gasteiger partial charge < -0.3 is 15.0 Å². The lowest BCUT2D eigenvalue weighted by atomic mass is 9.85. The van der Waals surface area contributed by atoms with E-state index in [1.54, 1.807) is 0 Å². The van der Waals surface area contributed by atoms with E-state index in [-0.39, 0.29) is 0 Å². The summed E-state index contributed by atoms with van der Waals surface area (Å²) in [6.45, 7) is 1.95. The third-order valence-electron chi connectivity index (χ3n) is 4.26. The Kier molecular flexibility index (Phi) is 10.1. The maximum Gasteiger partial charge on any atom is 0.411 e. The molecule has 0 radical (unpaired) electrons. The van der Waals surface area contributed by atoms with E-state index in [4.69, 9.17) is 0 Å². The monoisotopic (exact) mass is 364 g/mol. The summed E-state index contributed by atoms with van der Waals surface area (Å²) in [6, 6.07) is 0. The second-order valence-electron chi connectivity index (χ2n) is 6.53. The van der Waals surface area contributed by atoms with Gasteiger partial charge in [-0.15, -0.1) is 0 Å². The fourth-order valence-electron chi connectivity index (χ4n) is 3.03. The van der Waals surface area contributed by atoms with Crippen molar-refractivity contribution in [1.29, 1.82) is 0 Å². The zero-order valence-electron chi connectivity index (χ0n) is 15.5. The van der Waals surface area contributed by atoms with Gasteiger partial charge in [-0.3, -0.25) is 5.10 Å². The van der Waals surface area contributed by atoms with Crippen molar-refractivity contribution in [3.05, 3.63) is 17.5 Å². The molecule has 0 spiro atoms. The van der Waals surface area contributed by atoms with Crippen LogP contribution in [0.3, 0.4) is 0 Å². The zero-order chi connectivity index (χ0) is 18.7. The molecule has 0 aliphatic heterocycles. The number of alkyl halides is 3. The van der Waals surface area contributed by atoms with Crippen LogP contribution in [0.15, 0.2) is 6.20 Å². The molecule has 5 nitrogen and oxygen atoms in total. The van der Waals surface area contributed by atoms with Crippen molar-refractivity contribution in [1.82, 2.24) is 20.4 Å². The van der Waals surface area contributed by atoms with E-state index in [0.717, 1.165) is 26.7 Å². The van der Waals surface area contributed by atoms with Crippen LogP contribution >= 0.6 is 0 Å². The van der Waals surface area contributed by atoms with Gasteiger partial charge in [0.2, 0.25) is 0 Å². The van der Waals surface area contributed by atoms with Crippen LogP contribution in [0.4, 0.5) is 13.2 Å². The Morgan fingerprint density at radius 1 is 1.32 bits per heavy atom. The smallest absolute Gasteiger partial charge is 0.375 e. The molecular formula is C17H31F3N4O. The summed E-state index contributed by atoms with van der Waals surface area (Å²) in [5.74, 6) is 0.717. The fraction of sp³-hybridized carbons (Fsp3) is 0.824. The minimum Gasteiger partial charge on any atom is -0.375 e. The molecule has 0 bridgehead atoms. The molecule has 146 valence electrons. The molecule has 25 heavy (non-hydrogen) atoms. The molecule has 1 heterocycles. The Bertz CT molecular complexity index is 459. The van der Waals surface area contributed by atoms with Crippen LogP contribution in [0, 0.1) is 0 Å². The van der Waals surface area contributed by atoms with Gasteiger partial charge in [0.15, 0.2) is 0 Å². The highest BCUT2D eigenvalue weighted by Gasteiger charge is 2.26. The average molecular weight is 364 g/mol.